The molecule has 102 valence electrons. The maximum Gasteiger partial charge on any atom is 0.339 e. The van der Waals surface area contributed by atoms with Crippen molar-refractivity contribution >= 4 is 29.5 Å². The van der Waals surface area contributed by atoms with E-state index in [0.717, 1.165) is 5.56 Å². The molecule has 0 saturated carbocycles. The lowest BCUT2D eigenvalue weighted by Gasteiger charge is -2.04. The molecule has 0 spiro atoms. The second-order valence-corrected chi connectivity index (χ2v) is 4.36. The molecular formula is C14H12ClN3O2. The lowest BCUT2D eigenvalue weighted by Crippen LogP contribution is -2.24. The first-order chi connectivity index (χ1) is 9.63. The van der Waals surface area contributed by atoms with Crippen LogP contribution in [0.25, 0.3) is 0 Å². The lowest BCUT2D eigenvalue weighted by atomic mass is 10.2. The van der Waals surface area contributed by atoms with E-state index < -0.39 is 6.03 Å². The largest absolute Gasteiger partial charge is 0.508 e. The van der Waals surface area contributed by atoms with Crippen LogP contribution in [0, 0.1) is 0 Å². The first-order valence-corrected chi connectivity index (χ1v) is 6.16. The Hall–Kier alpha value is -2.53. The molecule has 5 nitrogen and oxygen atoms in total. The van der Waals surface area contributed by atoms with Gasteiger partial charge in [0.25, 0.3) is 0 Å². The molecule has 0 fully saturated rings. The molecule has 2 amide bonds. The summed E-state index contributed by atoms with van der Waals surface area (Å²) in [6, 6.07) is 12.7. The molecule has 2 aromatic rings. The molecule has 2 rings (SSSR count). The van der Waals surface area contributed by atoms with Crippen LogP contribution < -0.4 is 10.7 Å². The van der Waals surface area contributed by atoms with Crippen molar-refractivity contribution in [2.45, 2.75) is 0 Å². The molecule has 0 atom stereocenters. The third kappa shape index (κ3) is 4.29. The summed E-state index contributed by atoms with van der Waals surface area (Å²) in [5, 5.41) is 16.0. The molecule has 3 N–H and O–H groups in total. The molecule has 0 aliphatic rings. The van der Waals surface area contributed by atoms with Gasteiger partial charge in [0, 0.05) is 10.7 Å². The summed E-state index contributed by atoms with van der Waals surface area (Å²) >= 11 is 5.80. The Morgan fingerprint density at radius 1 is 1.20 bits per heavy atom. The van der Waals surface area contributed by atoms with E-state index in [1.54, 1.807) is 36.4 Å². The number of phenols is 1. The quantitative estimate of drug-likeness (QED) is 0.599. The summed E-state index contributed by atoms with van der Waals surface area (Å²) in [6.07, 6.45) is 1.47. The molecule has 0 heterocycles. The van der Waals surface area contributed by atoms with E-state index in [4.69, 9.17) is 16.7 Å². The Labute approximate surface area is 120 Å². The number of hydrazone groups is 1. The minimum Gasteiger partial charge on any atom is -0.508 e. The maximum absolute atomic E-state index is 11.5. The predicted octanol–water partition coefficient (Wildman–Crippen LogP) is 3.20. The smallest absolute Gasteiger partial charge is 0.339 e. The molecule has 20 heavy (non-hydrogen) atoms. The first kappa shape index (κ1) is 13.9. The average Bonchev–Trinajstić information content (AvgIpc) is 2.41. The molecule has 0 aliphatic heterocycles. The van der Waals surface area contributed by atoms with Gasteiger partial charge in [0.05, 0.1) is 6.21 Å². The molecule has 0 saturated heterocycles. The topological polar surface area (TPSA) is 73.7 Å². The van der Waals surface area contributed by atoms with Crippen LogP contribution in [0.3, 0.4) is 0 Å². The van der Waals surface area contributed by atoms with Gasteiger partial charge in [0.15, 0.2) is 0 Å². The van der Waals surface area contributed by atoms with E-state index in [-0.39, 0.29) is 5.75 Å². The number of urea groups is 1. The SMILES string of the molecule is O=C(N/N=C/c1ccc(O)cc1)Nc1cccc(Cl)c1. The van der Waals surface area contributed by atoms with Crippen molar-refractivity contribution in [3.63, 3.8) is 0 Å². The maximum atomic E-state index is 11.5. The number of benzene rings is 2. The fourth-order valence-corrected chi connectivity index (χ4v) is 1.64. The lowest BCUT2D eigenvalue weighted by molar-refractivity contribution is 0.252. The van der Waals surface area contributed by atoms with Crippen molar-refractivity contribution < 1.29 is 9.90 Å². The summed E-state index contributed by atoms with van der Waals surface area (Å²) < 4.78 is 0. The van der Waals surface area contributed by atoms with Crippen molar-refractivity contribution in [3.8, 4) is 5.75 Å². The Bertz CT molecular complexity index is 627. The monoisotopic (exact) mass is 289 g/mol. The van der Waals surface area contributed by atoms with E-state index in [2.05, 4.69) is 15.8 Å². The number of halogens is 1. The van der Waals surface area contributed by atoms with Gasteiger partial charge in [-0.1, -0.05) is 17.7 Å². The number of anilines is 1. The summed E-state index contributed by atoms with van der Waals surface area (Å²) in [4.78, 5) is 11.5. The zero-order valence-corrected chi connectivity index (χ0v) is 11.1. The number of nitrogens with zero attached hydrogens (tertiary/aromatic N) is 1. The number of nitrogens with one attached hydrogen (secondary N) is 2. The zero-order chi connectivity index (χ0) is 14.4. The number of hydrogen-bond donors (Lipinski definition) is 3. The molecule has 0 bridgehead atoms. The van der Waals surface area contributed by atoms with Crippen molar-refractivity contribution in [2.75, 3.05) is 5.32 Å². The minimum atomic E-state index is -0.470. The highest BCUT2D eigenvalue weighted by atomic mass is 35.5. The Morgan fingerprint density at radius 3 is 2.65 bits per heavy atom. The number of carbonyl (C=O) groups excluding carboxylic acids is 1. The van der Waals surface area contributed by atoms with Crippen LogP contribution in [-0.4, -0.2) is 17.4 Å². The summed E-state index contributed by atoms with van der Waals surface area (Å²) in [5.74, 6) is 0.175. The van der Waals surface area contributed by atoms with Crippen molar-refractivity contribution in [2.24, 2.45) is 5.10 Å². The van der Waals surface area contributed by atoms with Crippen LogP contribution >= 0.6 is 11.6 Å². The third-order valence-corrected chi connectivity index (χ3v) is 2.59. The highest BCUT2D eigenvalue weighted by Gasteiger charge is 1.99. The molecule has 0 radical (unpaired) electrons. The molecule has 6 heteroatoms. The Kier molecular flexibility index (Phi) is 4.57. The van der Waals surface area contributed by atoms with Crippen molar-refractivity contribution in [1.82, 2.24) is 5.43 Å². The van der Waals surface area contributed by atoms with Gasteiger partial charge in [-0.15, -0.1) is 0 Å². The van der Waals surface area contributed by atoms with Gasteiger partial charge in [0.2, 0.25) is 0 Å². The summed E-state index contributed by atoms with van der Waals surface area (Å²) in [5.41, 5.74) is 3.66. The molecule has 0 aromatic heterocycles. The fourth-order valence-electron chi connectivity index (χ4n) is 1.45. The van der Waals surface area contributed by atoms with Gasteiger partial charge in [-0.05, 0) is 48.0 Å². The number of phenolic OH excluding ortho intramolecular Hbond substituents is 1. The van der Waals surface area contributed by atoms with Gasteiger partial charge in [-0.25, -0.2) is 10.2 Å². The minimum absolute atomic E-state index is 0.175. The van der Waals surface area contributed by atoms with E-state index in [1.165, 1.54) is 18.3 Å². The van der Waals surface area contributed by atoms with Gasteiger partial charge in [-0.3, -0.25) is 0 Å². The summed E-state index contributed by atoms with van der Waals surface area (Å²) in [6.45, 7) is 0. The second-order valence-electron chi connectivity index (χ2n) is 3.93. The van der Waals surface area contributed by atoms with Crippen molar-refractivity contribution in [3.05, 3.63) is 59.1 Å². The number of hydrogen-bond acceptors (Lipinski definition) is 3. The Morgan fingerprint density at radius 2 is 1.95 bits per heavy atom. The predicted molar refractivity (Wildman–Crippen MR) is 79.3 cm³/mol. The number of rotatable bonds is 3. The second kappa shape index (κ2) is 6.58. The van der Waals surface area contributed by atoms with Crippen LogP contribution in [0.1, 0.15) is 5.56 Å². The van der Waals surface area contributed by atoms with Gasteiger partial charge < -0.3 is 10.4 Å². The van der Waals surface area contributed by atoms with Gasteiger partial charge in [0.1, 0.15) is 5.75 Å². The number of amides is 2. The van der Waals surface area contributed by atoms with Gasteiger partial charge in [-0.2, -0.15) is 5.10 Å². The van der Waals surface area contributed by atoms with Gasteiger partial charge >= 0.3 is 6.03 Å². The highest BCUT2D eigenvalue weighted by molar-refractivity contribution is 6.30. The molecule has 2 aromatic carbocycles. The zero-order valence-electron chi connectivity index (χ0n) is 10.4. The number of aromatic hydroxyl groups is 1. The van der Waals surface area contributed by atoms with Crippen LogP contribution in [-0.2, 0) is 0 Å². The van der Waals surface area contributed by atoms with E-state index >= 15 is 0 Å². The highest BCUT2D eigenvalue weighted by Crippen LogP contribution is 2.14. The van der Waals surface area contributed by atoms with E-state index in [9.17, 15) is 4.79 Å². The van der Waals surface area contributed by atoms with Crippen LogP contribution in [0.4, 0.5) is 10.5 Å². The third-order valence-electron chi connectivity index (χ3n) is 2.36. The fraction of sp³-hybridized carbons (Fsp3) is 0. The standard InChI is InChI=1S/C14H12ClN3O2/c15-11-2-1-3-12(8-11)17-14(20)18-16-9-10-4-6-13(19)7-5-10/h1-9,19H,(H2,17,18,20)/b16-9+. The normalized spacial score (nSPS) is 10.4. The number of carbonyl (C=O) groups is 1. The molecule has 0 aliphatic carbocycles. The van der Waals surface area contributed by atoms with E-state index in [0.29, 0.717) is 10.7 Å². The van der Waals surface area contributed by atoms with Crippen molar-refractivity contribution in [1.29, 1.82) is 0 Å². The van der Waals surface area contributed by atoms with Crippen LogP contribution in [0.5, 0.6) is 5.75 Å². The first-order valence-electron chi connectivity index (χ1n) is 5.78. The Balaban J connectivity index is 1.87. The van der Waals surface area contributed by atoms with E-state index in [1.807, 2.05) is 0 Å². The summed E-state index contributed by atoms with van der Waals surface area (Å²) in [7, 11) is 0. The molecule has 0 unspecified atom stereocenters. The van der Waals surface area contributed by atoms with Crippen LogP contribution in [0.15, 0.2) is 53.6 Å². The van der Waals surface area contributed by atoms with Crippen LogP contribution in [0.2, 0.25) is 5.02 Å². The average molecular weight is 290 g/mol. The molecular weight excluding hydrogens is 278 g/mol.